The Morgan fingerprint density at radius 2 is 1.72 bits per heavy atom. The molecule has 1 fully saturated rings. The molecule has 0 unspecified atom stereocenters. The van der Waals surface area contributed by atoms with Crippen molar-refractivity contribution in [1.82, 2.24) is 10.0 Å². The van der Waals surface area contributed by atoms with Gasteiger partial charge >= 0.3 is 0 Å². The van der Waals surface area contributed by atoms with E-state index in [1.54, 1.807) is 33.9 Å². The van der Waals surface area contributed by atoms with E-state index in [0.717, 1.165) is 37.4 Å². The second-order valence-corrected chi connectivity index (χ2v) is 11.0. The maximum absolute atomic E-state index is 12.8. The molecular weight excluding hydrogens is 450 g/mol. The Bertz CT molecular complexity index is 1060. The van der Waals surface area contributed by atoms with Gasteiger partial charge in [0.05, 0.1) is 12.1 Å². The van der Waals surface area contributed by atoms with Crippen LogP contribution in [0.15, 0.2) is 47.4 Å². The molecule has 32 heavy (non-hydrogen) atoms. The molecule has 2 N–H and O–H groups in total. The fraction of sp³-hybridized carbons (Fsp3) is 0.435. The van der Waals surface area contributed by atoms with Crippen LogP contribution in [-0.4, -0.2) is 46.1 Å². The van der Waals surface area contributed by atoms with Gasteiger partial charge in [-0.2, -0.15) is 0 Å². The number of piperidine rings is 1. The topological polar surface area (TPSA) is 87.7 Å². The van der Waals surface area contributed by atoms with Gasteiger partial charge < -0.3 is 15.0 Å². The number of carbonyl (C=O) groups excluding carboxylic acids is 1. The highest BCUT2D eigenvalue weighted by molar-refractivity contribution is 7.89. The molecule has 0 spiro atoms. The molecule has 9 heteroatoms. The van der Waals surface area contributed by atoms with Gasteiger partial charge in [0.25, 0.3) is 5.91 Å². The second kappa shape index (κ2) is 9.68. The van der Waals surface area contributed by atoms with Gasteiger partial charge in [-0.1, -0.05) is 11.6 Å². The molecule has 0 atom stereocenters. The highest BCUT2D eigenvalue weighted by atomic mass is 35.5. The van der Waals surface area contributed by atoms with Crippen molar-refractivity contribution in [3.05, 3.63) is 53.1 Å². The Labute approximate surface area is 195 Å². The van der Waals surface area contributed by atoms with E-state index in [-0.39, 0.29) is 27.4 Å². The number of ether oxygens (including phenoxy) is 1. The molecule has 0 aliphatic carbocycles. The number of hydrogen-bond acceptors (Lipinski definition) is 5. The van der Waals surface area contributed by atoms with Crippen molar-refractivity contribution in [2.75, 3.05) is 25.1 Å². The quantitative estimate of drug-likeness (QED) is 0.657. The first-order valence-electron chi connectivity index (χ1n) is 10.5. The highest BCUT2D eigenvalue weighted by Crippen LogP contribution is 2.25. The summed E-state index contributed by atoms with van der Waals surface area (Å²) in [6.07, 6.45) is 1.59. The number of hydrogen-bond donors (Lipinski definition) is 2. The van der Waals surface area contributed by atoms with Crippen molar-refractivity contribution in [3.8, 4) is 5.75 Å². The lowest BCUT2D eigenvalue weighted by Gasteiger charge is -2.34. The third-order valence-electron chi connectivity index (χ3n) is 5.19. The summed E-state index contributed by atoms with van der Waals surface area (Å²) in [7, 11) is -2.22. The molecule has 1 aliphatic heterocycles. The lowest BCUT2D eigenvalue weighted by molar-refractivity contribution is 0.0931. The van der Waals surface area contributed by atoms with Gasteiger partial charge in [0, 0.05) is 35.9 Å². The van der Waals surface area contributed by atoms with E-state index in [0.29, 0.717) is 0 Å². The van der Waals surface area contributed by atoms with Crippen LogP contribution in [-0.2, 0) is 10.0 Å². The third kappa shape index (κ3) is 6.15. The van der Waals surface area contributed by atoms with Gasteiger partial charge in [-0.15, -0.1) is 0 Å². The van der Waals surface area contributed by atoms with Gasteiger partial charge in [-0.3, -0.25) is 4.79 Å². The second-order valence-electron chi connectivity index (χ2n) is 8.93. The average Bonchev–Trinajstić information content (AvgIpc) is 2.73. The van der Waals surface area contributed by atoms with E-state index in [9.17, 15) is 13.2 Å². The third-order valence-corrected chi connectivity index (χ3v) is 7.43. The van der Waals surface area contributed by atoms with Crippen molar-refractivity contribution >= 4 is 33.2 Å². The molecular formula is C23H30ClN3O4S. The van der Waals surface area contributed by atoms with E-state index in [1.165, 1.54) is 12.1 Å². The zero-order valence-electron chi connectivity index (χ0n) is 18.8. The van der Waals surface area contributed by atoms with Gasteiger partial charge in [0.15, 0.2) is 0 Å². The Hall–Kier alpha value is -2.29. The lowest BCUT2D eigenvalue weighted by atomic mass is 10.0. The Kier molecular flexibility index (Phi) is 7.37. The lowest BCUT2D eigenvalue weighted by Crippen LogP contribution is -2.44. The first-order chi connectivity index (χ1) is 15.0. The van der Waals surface area contributed by atoms with E-state index >= 15 is 0 Å². The van der Waals surface area contributed by atoms with Crippen LogP contribution in [0.4, 0.5) is 5.69 Å². The van der Waals surface area contributed by atoms with Crippen molar-refractivity contribution in [3.63, 3.8) is 0 Å². The maximum atomic E-state index is 12.8. The van der Waals surface area contributed by atoms with E-state index in [1.807, 2.05) is 24.3 Å². The predicted molar refractivity (Wildman–Crippen MR) is 127 cm³/mol. The standard InChI is InChI=1S/C23H30ClN3O4S/c1-23(2,3)26-32(29,30)21-15-16(5-10-20(21)24)22(28)25-17-11-13-27(14-12-17)18-6-8-19(31-4)9-7-18/h5-10,15,17,26H,11-14H2,1-4H3,(H,25,28). The molecule has 0 saturated carbocycles. The summed E-state index contributed by atoms with van der Waals surface area (Å²) in [6.45, 7) is 6.86. The maximum Gasteiger partial charge on any atom is 0.251 e. The first-order valence-corrected chi connectivity index (χ1v) is 12.4. The number of nitrogens with one attached hydrogen (secondary N) is 2. The number of amides is 1. The Balaban J connectivity index is 1.64. The van der Waals surface area contributed by atoms with Crippen molar-refractivity contribution in [1.29, 1.82) is 0 Å². The minimum atomic E-state index is -3.86. The van der Waals surface area contributed by atoms with Gasteiger partial charge in [-0.05, 0) is 76.1 Å². The van der Waals surface area contributed by atoms with Crippen molar-refractivity contribution in [2.45, 2.75) is 50.1 Å². The number of halogens is 1. The molecule has 2 aromatic carbocycles. The zero-order chi connectivity index (χ0) is 23.5. The summed E-state index contributed by atoms with van der Waals surface area (Å²) >= 11 is 6.14. The van der Waals surface area contributed by atoms with Crippen LogP contribution in [0.3, 0.4) is 0 Å². The van der Waals surface area contributed by atoms with Crippen LogP contribution in [0.25, 0.3) is 0 Å². The summed E-state index contributed by atoms with van der Waals surface area (Å²) < 4.78 is 33.2. The molecule has 0 bridgehead atoms. The van der Waals surface area contributed by atoms with Crippen LogP contribution >= 0.6 is 11.6 Å². The highest BCUT2D eigenvalue weighted by Gasteiger charge is 2.26. The fourth-order valence-corrected chi connectivity index (χ4v) is 5.60. The fourth-order valence-electron chi connectivity index (χ4n) is 3.65. The summed E-state index contributed by atoms with van der Waals surface area (Å²) in [5, 5.41) is 3.10. The molecule has 174 valence electrons. The number of carbonyl (C=O) groups is 1. The first kappa shape index (κ1) is 24.4. The van der Waals surface area contributed by atoms with Crippen molar-refractivity contribution in [2.24, 2.45) is 0 Å². The number of benzene rings is 2. The molecule has 0 radical (unpaired) electrons. The molecule has 3 rings (SSSR count). The van der Waals surface area contributed by atoms with E-state index in [4.69, 9.17) is 16.3 Å². The minimum Gasteiger partial charge on any atom is -0.497 e. The zero-order valence-corrected chi connectivity index (χ0v) is 20.4. The molecule has 1 heterocycles. The summed E-state index contributed by atoms with van der Waals surface area (Å²) in [6, 6.07) is 12.3. The largest absolute Gasteiger partial charge is 0.497 e. The van der Waals surface area contributed by atoms with Gasteiger partial charge in [0.2, 0.25) is 10.0 Å². The molecule has 1 amide bonds. The number of anilines is 1. The van der Waals surface area contributed by atoms with Crippen molar-refractivity contribution < 1.29 is 17.9 Å². The molecule has 0 aromatic heterocycles. The molecule has 1 saturated heterocycles. The summed E-state index contributed by atoms with van der Waals surface area (Å²) in [4.78, 5) is 15.0. The average molecular weight is 480 g/mol. The number of rotatable bonds is 6. The van der Waals surface area contributed by atoms with E-state index < -0.39 is 15.6 Å². The minimum absolute atomic E-state index is 0.0143. The Morgan fingerprint density at radius 3 is 2.28 bits per heavy atom. The molecule has 1 aliphatic rings. The summed E-state index contributed by atoms with van der Waals surface area (Å²) in [5.74, 6) is 0.509. The number of sulfonamides is 1. The number of methoxy groups -OCH3 is 1. The molecule has 2 aromatic rings. The Morgan fingerprint density at radius 1 is 1.09 bits per heavy atom. The SMILES string of the molecule is COc1ccc(N2CCC(NC(=O)c3ccc(Cl)c(S(=O)(=O)NC(C)(C)C)c3)CC2)cc1. The number of nitrogens with zero attached hydrogens (tertiary/aromatic N) is 1. The van der Waals surface area contributed by atoms with Crippen LogP contribution in [0.2, 0.25) is 5.02 Å². The van der Waals surface area contributed by atoms with Gasteiger partial charge in [-0.25, -0.2) is 13.1 Å². The van der Waals surface area contributed by atoms with Gasteiger partial charge in [0.1, 0.15) is 10.6 Å². The predicted octanol–water partition coefficient (Wildman–Crippen LogP) is 3.82. The van der Waals surface area contributed by atoms with Crippen LogP contribution in [0, 0.1) is 0 Å². The van der Waals surface area contributed by atoms with Crippen LogP contribution < -0.4 is 19.7 Å². The van der Waals surface area contributed by atoms with Crippen LogP contribution in [0.5, 0.6) is 5.75 Å². The molecule has 7 nitrogen and oxygen atoms in total. The van der Waals surface area contributed by atoms with E-state index in [2.05, 4.69) is 14.9 Å². The smallest absolute Gasteiger partial charge is 0.251 e. The summed E-state index contributed by atoms with van der Waals surface area (Å²) in [5.41, 5.74) is 0.717. The van der Waals surface area contributed by atoms with Crippen LogP contribution in [0.1, 0.15) is 44.0 Å². The normalized spacial score (nSPS) is 15.5. The monoisotopic (exact) mass is 479 g/mol.